The minimum Gasteiger partial charge on any atom is -0.445 e. The summed E-state index contributed by atoms with van der Waals surface area (Å²) in [5.74, 6) is 0. The number of hydrogen-bond donors (Lipinski definition) is 1. The largest absolute Gasteiger partial charge is 0.492 e. The smallest absolute Gasteiger partial charge is 0.445 e. The molecule has 166 valence electrons. The molecule has 2 aromatic carbocycles. The van der Waals surface area contributed by atoms with Crippen LogP contribution in [-0.4, -0.2) is 37.0 Å². The normalized spacial score (nSPS) is 16.9. The zero-order chi connectivity index (χ0) is 23.2. The van der Waals surface area contributed by atoms with Gasteiger partial charge in [0.15, 0.2) is 0 Å². The Bertz CT molecular complexity index is 1010. The molecule has 8 heteroatoms. The molecular formula is C24H27BN2O5. The third-order valence-electron chi connectivity index (χ3n) is 5.60. The molecule has 0 aliphatic carbocycles. The SMILES string of the molecule is CC1(C)OB(C(=Cc2cccc(N=C=O)c2)CNC(=O)OCc2ccccc2)OC1(C)C. The lowest BCUT2D eigenvalue weighted by Crippen LogP contribution is -2.41. The fourth-order valence-electron chi connectivity index (χ4n) is 3.10. The van der Waals surface area contributed by atoms with E-state index in [2.05, 4.69) is 10.3 Å². The molecule has 1 heterocycles. The number of ether oxygens (including phenoxy) is 1. The topological polar surface area (TPSA) is 86.2 Å². The van der Waals surface area contributed by atoms with Crippen molar-refractivity contribution in [3.05, 3.63) is 71.2 Å². The Hall–Kier alpha value is -3.19. The number of amides is 1. The number of isocyanates is 1. The first kappa shape index (κ1) is 23.5. The van der Waals surface area contributed by atoms with E-state index in [1.165, 1.54) is 0 Å². The van der Waals surface area contributed by atoms with E-state index in [1.54, 1.807) is 24.3 Å². The van der Waals surface area contributed by atoms with Gasteiger partial charge in [0.1, 0.15) is 6.61 Å². The van der Waals surface area contributed by atoms with Crippen LogP contribution in [0.5, 0.6) is 0 Å². The molecule has 0 saturated carbocycles. The van der Waals surface area contributed by atoms with Crippen LogP contribution >= 0.6 is 0 Å². The molecule has 0 radical (unpaired) electrons. The molecule has 0 unspecified atom stereocenters. The van der Waals surface area contributed by atoms with Gasteiger partial charge in [-0.05, 0) is 56.4 Å². The van der Waals surface area contributed by atoms with Gasteiger partial charge in [-0.25, -0.2) is 9.59 Å². The predicted molar refractivity (Wildman–Crippen MR) is 123 cm³/mol. The first-order valence-electron chi connectivity index (χ1n) is 10.4. The Morgan fingerprint density at radius 2 is 1.78 bits per heavy atom. The average molecular weight is 434 g/mol. The van der Waals surface area contributed by atoms with Gasteiger partial charge in [0.05, 0.1) is 16.9 Å². The Morgan fingerprint density at radius 1 is 1.09 bits per heavy atom. The second kappa shape index (κ2) is 9.96. The number of nitrogens with one attached hydrogen (secondary N) is 1. The predicted octanol–water partition coefficient (Wildman–Crippen LogP) is 4.60. The van der Waals surface area contributed by atoms with Crippen LogP contribution in [-0.2, 0) is 25.4 Å². The summed E-state index contributed by atoms with van der Waals surface area (Å²) < 4.78 is 17.6. The number of nitrogens with zero attached hydrogens (tertiary/aromatic N) is 1. The molecular weight excluding hydrogens is 407 g/mol. The zero-order valence-corrected chi connectivity index (χ0v) is 18.8. The zero-order valence-electron chi connectivity index (χ0n) is 18.8. The van der Waals surface area contributed by atoms with Gasteiger partial charge < -0.3 is 19.4 Å². The summed E-state index contributed by atoms with van der Waals surface area (Å²) >= 11 is 0. The molecule has 1 N–H and O–H groups in total. The fourth-order valence-corrected chi connectivity index (χ4v) is 3.10. The second-order valence-corrected chi connectivity index (χ2v) is 8.52. The molecule has 1 fully saturated rings. The molecule has 0 aromatic heterocycles. The highest BCUT2D eigenvalue weighted by molar-refractivity contribution is 6.56. The first-order valence-corrected chi connectivity index (χ1v) is 10.4. The average Bonchev–Trinajstić information content (AvgIpc) is 2.97. The van der Waals surface area contributed by atoms with Crippen LogP contribution in [0.2, 0.25) is 0 Å². The van der Waals surface area contributed by atoms with Gasteiger partial charge in [0, 0.05) is 6.54 Å². The van der Waals surface area contributed by atoms with Crippen molar-refractivity contribution in [1.82, 2.24) is 5.32 Å². The van der Waals surface area contributed by atoms with Gasteiger partial charge in [-0.1, -0.05) is 48.5 Å². The number of carbonyl (C=O) groups is 1. The number of aliphatic imine (C=N–C) groups is 1. The number of alkyl carbamates (subject to hydrolysis) is 1. The van der Waals surface area contributed by atoms with E-state index in [1.807, 2.05) is 70.2 Å². The number of rotatable bonds is 7. The molecule has 0 spiro atoms. The summed E-state index contributed by atoms with van der Waals surface area (Å²) in [4.78, 5) is 26.5. The van der Waals surface area contributed by atoms with Gasteiger partial charge in [0.25, 0.3) is 0 Å². The Morgan fingerprint density at radius 3 is 2.44 bits per heavy atom. The lowest BCUT2D eigenvalue weighted by atomic mass is 9.77. The lowest BCUT2D eigenvalue weighted by Gasteiger charge is -2.32. The second-order valence-electron chi connectivity index (χ2n) is 8.52. The summed E-state index contributed by atoms with van der Waals surface area (Å²) in [6.45, 7) is 8.19. The third kappa shape index (κ3) is 5.95. The van der Waals surface area contributed by atoms with Crippen LogP contribution in [0.4, 0.5) is 10.5 Å². The summed E-state index contributed by atoms with van der Waals surface area (Å²) in [6, 6.07) is 16.5. The molecule has 1 saturated heterocycles. The van der Waals surface area contributed by atoms with Gasteiger partial charge in [0.2, 0.25) is 6.08 Å². The van der Waals surface area contributed by atoms with Crippen molar-refractivity contribution in [1.29, 1.82) is 0 Å². The summed E-state index contributed by atoms with van der Waals surface area (Å²) in [6.07, 6.45) is 2.85. The monoisotopic (exact) mass is 434 g/mol. The summed E-state index contributed by atoms with van der Waals surface area (Å²) in [7, 11) is -0.660. The maximum absolute atomic E-state index is 12.3. The van der Waals surface area contributed by atoms with E-state index in [-0.39, 0.29) is 13.2 Å². The van der Waals surface area contributed by atoms with Crippen molar-refractivity contribution in [2.45, 2.75) is 45.5 Å². The van der Waals surface area contributed by atoms with Crippen LogP contribution in [0.1, 0.15) is 38.8 Å². The summed E-state index contributed by atoms with van der Waals surface area (Å²) in [5, 5.41) is 2.77. The fraction of sp³-hybridized carbons (Fsp3) is 0.333. The quantitative estimate of drug-likeness (QED) is 0.391. The molecule has 1 amide bonds. The number of hydrogen-bond acceptors (Lipinski definition) is 6. The highest BCUT2D eigenvalue weighted by Gasteiger charge is 2.52. The Balaban J connectivity index is 1.76. The lowest BCUT2D eigenvalue weighted by molar-refractivity contribution is 0.00578. The van der Waals surface area contributed by atoms with E-state index >= 15 is 0 Å². The van der Waals surface area contributed by atoms with Crippen molar-refractivity contribution in [3.8, 4) is 0 Å². The van der Waals surface area contributed by atoms with Gasteiger partial charge in [-0.3, -0.25) is 0 Å². The molecule has 1 aliphatic heterocycles. The van der Waals surface area contributed by atoms with Crippen LogP contribution < -0.4 is 5.32 Å². The van der Waals surface area contributed by atoms with Crippen LogP contribution in [0.25, 0.3) is 6.08 Å². The Kier molecular flexibility index (Phi) is 7.31. The maximum atomic E-state index is 12.3. The molecule has 3 rings (SSSR count). The van der Waals surface area contributed by atoms with Crippen molar-refractivity contribution in [2.24, 2.45) is 4.99 Å². The Labute approximate surface area is 188 Å². The first-order chi connectivity index (χ1) is 15.2. The van der Waals surface area contributed by atoms with Crippen LogP contribution in [0.3, 0.4) is 0 Å². The maximum Gasteiger partial charge on any atom is 0.492 e. The molecule has 0 atom stereocenters. The minimum absolute atomic E-state index is 0.158. The van der Waals surface area contributed by atoms with E-state index in [0.29, 0.717) is 11.2 Å². The van der Waals surface area contributed by atoms with Crippen molar-refractivity contribution >= 4 is 31.1 Å². The number of benzene rings is 2. The highest BCUT2D eigenvalue weighted by Crippen LogP contribution is 2.38. The van der Waals surface area contributed by atoms with Crippen LogP contribution in [0, 0.1) is 0 Å². The van der Waals surface area contributed by atoms with Gasteiger partial charge in [-0.2, -0.15) is 4.99 Å². The molecule has 7 nitrogen and oxygen atoms in total. The molecule has 32 heavy (non-hydrogen) atoms. The van der Waals surface area contributed by atoms with Gasteiger partial charge >= 0.3 is 13.2 Å². The van der Waals surface area contributed by atoms with Crippen LogP contribution in [0.15, 0.2) is 65.1 Å². The van der Waals surface area contributed by atoms with Gasteiger partial charge in [-0.15, -0.1) is 0 Å². The summed E-state index contributed by atoms with van der Waals surface area (Å²) in [5.41, 5.74) is 1.80. The number of carbonyl (C=O) groups excluding carboxylic acids is 2. The minimum atomic E-state index is -0.660. The van der Waals surface area contributed by atoms with E-state index in [4.69, 9.17) is 14.0 Å². The van der Waals surface area contributed by atoms with Crippen molar-refractivity contribution in [3.63, 3.8) is 0 Å². The van der Waals surface area contributed by atoms with E-state index < -0.39 is 24.4 Å². The van der Waals surface area contributed by atoms with Crippen molar-refractivity contribution in [2.75, 3.05) is 6.54 Å². The molecule has 1 aliphatic rings. The van der Waals surface area contributed by atoms with E-state index in [9.17, 15) is 9.59 Å². The van der Waals surface area contributed by atoms with E-state index in [0.717, 1.165) is 11.1 Å². The third-order valence-corrected chi connectivity index (χ3v) is 5.60. The van der Waals surface area contributed by atoms with Crippen molar-refractivity contribution < 1.29 is 23.6 Å². The molecule has 0 bridgehead atoms. The standard InChI is InChI=1S/C24H27BN2O5/c1-23(2)24(3,4)32-25(31-23)20(13-19-11-8-12-21(14-19)27-17-28)15-26-22(29)30-16-18-9-6-5-7-10-18/h5-14H,15-16H2,1-4H3,(H,26,29). The highest BCUT2D eigenvalue weighted by atomic mass is 16.7. The molecule has 2 aromatic rings.